The summed E-state index contributed by atoms with van der Waals surface area (Å²) in [6.07, 6.45) is 1.90. The van der Waals surface area contributed by atoms with Gasteiger partial charge in [0, 0.05) is 6.04 Å². The van der Waals surface area contributed by atoms with Gasteiger partial charge in [0.05, 0.1) is 6.16 Å². The molecule has 66 valence electrons. The molecule has 11 heavy (non-hydrogen) atoms. The fraction of sp³-hybridized carbons (Fsp3) is 1.00. The molecule has 1 rings (SSSR count). The van der Waals surface area contributed by atoms with Crippen LogP contribution in [0, 0.1) is 5.92 Å². The molecule has 5 nitrogen and oxygen atoms in total. The summed E-state index contributed by atoms with van der Waals surface area (Å²) in [5.41, 5.74) is 2.43. The molecule has 0 spiro atoms. The molecular weight excluding hydrogens is 167 g/mol. The molecule has 1 aliphatic rings. The van der Waals surface area contributed by atoms with Crippen molar-refractivity contribution in [3.8, 4) is 0 Å². The first-order valence-electron chi connectivity index (χ1n) is 3.53. The van der Waals surface area contributed by atoms with Gasteiger partial charge in [0.1, 0.15) is 0 Å². The van der Waals surface area contributed by atoms with Crippen molar-refractivity contribution in [2.75, 3.05) is 6.16 Å². The fourth-order valence-corrected chi connectivity index (χ4v) is 2.01. The molecule has 0 saturated heterocycles. The van der Waals surface area contributed by atoms with Crippen LogP contribution in [0.1, 0.15) is 12.8 Å². The van der Waals surface area contributed by atoms with Crippen LogP contribution in [0.2, 0.25) is 0 Å². The fourth-order valence-electron chi connectivity index (χ4n) is 1.09. The van der Waals surface area contributed by atoms with E-state index in [0.717, 1.165) is 12.8 Å². The van der Waals surface area contributed by atoms with E-state index in [1.807, 2.05) is 0 Å². The minimum absolute atomic E-state index is 0.145. The van der Waals surface area contributed by atoms with Crippen molar-refractivity contribution >= 4 is 7.60 Å². The van der Waals surface area contributed by atoms with E-state index in [1.54, 1.807) is 0 Å². The normalized spacial score (nSPS) is 21.7. The molecule has 5 N–H and O–H groups in total. The van der Waals surface area contributed by atoms with Crippen LogP contribution in [-0.4, -0.2) is 22.0 Å². The van der Waals surface area contributed by atoms with Gasteiger partial charge in [0.2, 0.25) is 0 Å². The van der Waals surface area contributed by atoms with Crippen molar-refractivity contribution < 1.29 is 14.4 Å². The Hall–Kier alpha value is 0.0700. The number of rotatable bonds is 4. The Morgan fingerprint density at radius 2 is 2.18 bits per heavy atom. The van der Waals surface area contributed by atoms with Crippen molar-refractivity contribution in [1.82, 2.24) is 5.43 Å². The molecule has 0 aliphatic heterocycles. The molecule has 1 saturated carbocycles. The highest BCUT2D eigenvalue weighted by Crippen LogP contribution is 2.41. The van der Waals surface area contributed by atoms with Crippen LogP contribution in [0.4, 0.5) is 0 Å². The van der Waals surface area contributed by atoms with Crippen molar-refractivity contribution in [2.45, 2.75) is 18.9 Å². The molecule has 0 aromatic heterocycles. The van der Waals surface area contributed by atoms with Gasteiger partial charge in [0.15, 0.2) is 0 Å². The Labute approximate surface area is 65.1 Å². The van der Waals surface area contributed by atoms with Crippen molar-refractivity contribution in [3.63, 3.8) is 0 Å². The van der Waals surface area contributed by atoms with E-state index in [2.05, 4.69) is 5.43 Å². The van der Waals surface area contributed by atoms with E-state index in [-0.39, 0.29) is 12.2 Å². The lowest BCUT2D eigenvalue weighted by Crippen LogP contribution is -2.39. The van der Waals surface area contributed by atoms with Gasteiger partial charge in [-0.3, -0.25) is 15.8 Å². The standard InChI is InChI=1S/C5H13N2O3P/c6-7-5(4-1-2-4)3-11(8,9)10/h4-5,7H,1-3,6H2,(H2,8,9,10). The van der Waals surface area contributed by atoms with Crippen LogP contribution < -0.4 is 11.3 Å². The monoisotopic (exact) mass is 180 g/mol. The van der Waals surface area contributed by atoms with Gasteiger partial charge in [-0.25, -0.2) is 0 Å². The maximum Gasteiger partial charge on any atom is 0.327 e. The van der Waals surface area contributed by atoms with Crippen LogP contribution in [-0.2, 0) is 4.57 Å². The van der Waals surface area contributed by atoms with Crippen LogP contribution in [0.25, 0.3) is 0 Å². The molecule has 0 heterocycles. The summed E-state index contributed by atoms with van der Waals surface area (Å²) in [6.45, 7) is 0. The van der Waals surface area contributed by atoms with E-state index in [0.29, 0.717) is 5.92 Å². The Morgan fingerprint density at radius 1 is 1.64 bits per heavy atom. The maximum absolute atomic E-state index is 10.5. The molecular formula is C5H13N2O3P. The zero-order valence-electron chi connectivity index (χ0n) is 6.10. The number of hydrogen-bond donors (Lipinski definition) is 4. The van der Waals surface area contributed by atoms with Gasteiger partial charge in [-0.1, -0.05) is 0 Å². The molecule has 0 amide bonds. The molecule has 1 atom stereocenters. The quantitative estimate of drug-likeness (QED) is 0.263. The molecule has 0 aromatic carbocycles. The maximum atomic E-state index is 10.5. The lowest BCUT2D eigenvalue weighted by molar-refractivity contribution is 0.358. The van der Waals surface area contributed by atoms with Crippen LogP contribution in [0.5, 0.6) is 0 Å². The van der Waals surface area contributed by atoms with Crippen molar-refractivity contribution in [3.05, 3.63) is 0 Å². The summed E-state index contributed by atoms with van der Waals surface area (Å²) in [7, 11) is -3.89. The third kappa shape index (κ3) is 3.31. The van der Waals surface area contributed by atoms with Crippen LogP contribution in [0.15, 0.2) is 0 Å². The Balaban J connectivity index is 2.37. The van der Waals surface area contributed by atoms with Gasteiger partial charge in [0.25, 0.3) is 0 Å². The van der Waals surface area contributed by atoms with Gasteiger partial charge >= 0.3 is 7.60 Å². The van der Waals surface area contributed by atoms with E-state index < -0.39 is 7.60 Å². The van der Waals surface area contributed by atoms with Gasteiger partial charge in [-0.05, 0) is 18.8 Å². The zero-order chi connectivity index (χ0) is 8.48. The number of hydrazine groups is 1. The topological polar surface area (TPSA) is 95.6 Å². The van der Waals surface area contributed by atoms with Gasteiger partial charge in [-0.15, -0.1) is 0 Å². The summed E-state index contributed by atoms with van der Waals surface area (Å²) < 4.78 is 10.5. The SMILES string of the molecule is NNC(CP(=O)(O)O)C1CC1. The predicted octanol–water partition coefficient (Wildman–Crippen LogP) is -0.594. The molecule has 6 heteroatoms. The summed E-state index contributed by atoms with van der Waals surface area (Å²) in [4.78, 5) is 17.2. The second-order valence-electron chi connectivity index (χ2n) is 2.96. The number of nitrogens with two attached hydrogens (primary N) is 1. The molecule has 0 bridgehead atoms. The minimum atomic E-state index is -3.89. The largest absolute Gasteiger partial charge is 0.327 e. The summed E-state index contributed by atoms with van der Waals surface area (Å²) in [5.74, 6) is 5.50. The highest BCUT2D eigenvalue weighted by molar-refractivity contribution is 7.51. The molecule has 1 fully saturated rings. The predicted molar refractivity (Wildman–Crippen MR) is 40.7 cm³/mol. The van der Waals surface area contributed by atoms with Gasteiger partial charge in [-0.2, -0.15) is 0 Å². The van der Waals surface area contributed by atoms with Crippen LogP contribution in [0.3, 0.4) is 0 Å². The number of nitrogens with one attached hydrogen (secondary N) is 1. The first-order chi connectivity index (χ1) is 5.03. The average molecular weight is 180 g/mol. The summed E-state index contributed by atoms with van der Waals surface area (Å²) in [6, 6.07) is -0.212. The lowest BCUT2D eigenvalue weighted by atomic mass is 10.2. The van der Waals surface area contributed by atoms with E-state index in [9.17, 15) is 4.57 Å². The Morgan fingerprint density at radius 3 is 2.45 bits per heavy atom. The minimum Gasteiger partial charge on any atom is -0.324 e. The number of hydrogen-bond acceptors (Lipinski definition) is 3. The zero-order valence-corrected chi connectivity index (χ0v) is 7.00. The highest BCUT2D eigenvalue weighted by atomic mass is 31.2. The third-order valence-electron chi connectivity index (χ3n) is 1.84. The highest BCUT2D eigenvalue weighted by Gasteiger charge is 2.34. The Bertz CT molecular complexity index is 177. The smallest absolute Gasteiger partial charge is 0.324 e. The second kappa shape index (κ2) is 3.21. The molecule has 1 aliphatic carbocycles. The molecule has 1 unspecified atom stereocenters. The average Bonchev–Trinajstić information content (AvgIpc) is 2.61. The van der Waals surface area contributed by atoms with E-state index in [4.69, 9.17) is 15.6 Å². The van der Waals surface area contributed by atoms with Crippen molar-refractivity contribution in [1.29, 1.82) is 0 Å². The summed E-state index contributed by atoms with van der Waals surface area (Å²) in [5, 5.41) is 0. The second-order valence-corrected chi connectivity index (χ2v) is 4.65. The summed E-state index contributed by atoms with van der Waals surface area (Å²) >= 11 is 0. The Kier molecular flexibility index (Phi) is 2.67. The first kappa shape index (κ1) is 9.16. The van der Waals surface area contributed by atoms with E-state index >= 15 is 0 Å². The van der Waals surface area contributed by atoms with Gasteiger partial charge < -0.3 is 9.79 Å². The lowest BCUT2D eigenvalue weighted by Gasteiger charge is -2.14. The van der Waals surface area contributed by atoms with Crippen LogP contribution >= 0.6 is 7.60 Å². The van der Waals surface area contributed by atoms with E-state index in [1.165, 1.54) is 0 Å². The molecule has 0 radical (unpaired) electrons. The van der Waals surface area contributed by atoms with Crippen molar-refractivity contribution in [2.24, 2.45) is 11.8 Å². The molecule has 0 aromatic rings. The first-order valence-corrected chi connectivity index (χ1v) is 5.33. The third-order valence-corrected chi connectivity index (χ3v) is 2.71.